The van der Waals surface area contributed by atoms with Gasteiger partial charge in [-0.25, -0.2) is 0 Å². The third kappa shape index (κ3) is 4.62. The summed E-state index contributed by atoms with van der Waals surface area (Å²) in [6.45, 7) is 1.97. The second-order valence-electron chi connectivity index (χ2n) is 5.26. The molecule has 124 valence electrons. The molecule has 23 heavy (non-hydrogen) atoms. The van der Waals surface area contributed by atoms with Crippen LogP contribution in [0.3, 0.4) is 0 Å². The van der Waals surface area contributed by atoms with E-state index in [0.29, 0.717) is 18.7 Å². The van der Waals surface area contributed by atoms with Gasteiger partial charge in [-0.15, -0.1) is 11.3 Å². The Morgan fingerprint density at radius 1 is 1.48 bits per heavy atom. The maximum atomic E-state index is 12.4. The van der Waals surface area contributed by atoms with Gasteiger partial charge in [0.05, 0.1) is 25.2 Å². The molecule has 2 heterocycles. The number of rotatable bonds is 6. The summed E-state index contributed by atoms with van der Waals surface area (Å²) >= 11 is 1.55. The van der Waals surface area contributed by atoms with Crippen molar-refractivity contribution in [3.05, 3.63) is 22.4 Å². The van der Waals surface area contributed by atoms with Crippen LogP contribution in [0.2, 0.25) is 0 Å². The number of hydrogen-bond donors (Lipinski definition) is 1. The molecule has 1 N–H and O–H groups in total. The van der Waals surface area contributed by atoms with E-state index >= 15 is 0 Å². The number of thiophene rings is 1. The molecule has 0 bridgehead atoms. The summed E-state index contributed by atoms with van der Waals surface area (Å²) in [7, 11) is 1.42. The SMILES string of the molecule is CON=C1C[C@@H](C(=O)NCc2cccs2)N(C(=O)CC(C)=O)C1. The van der Waals surface area contributed by atoms with Gasteiger partial charge in [0.2, 0.25) is 11.8 Å². The molecule has 8 heteroatoms. The van der Waals surface area contributed by atoms with E-state index in [4.69, 9.17) is 4.84 Å². The van der Waals surface area contributed by atoms with E-state index in [1.807, 2.05) is 17.5 Å². The number of hydrogen-bond acceptors (Lipinski definition) is 6. The monoisotopic (exact) mass is 337 g/mol. The lowest BCUT2D eigenvalue weighted by molar-refractivity contribution is -0.140. The molecule has 1 saturated heterocycles. The summed E-state index contributed by atoms with van der Waals surface area (Å²) in [5.74, 6) is -0.850. The van der Waals surface area contributed by atoms with Gasteiger partial charge in [0.15, 0.2) is 0 Å². The molecule has 1 atom stereocenters. The molecule has 2 rings (SSSR count). The van der Waals surface area contributed by atoms with Gasteiger partial charge in [-0.05, 0) is 18.4 Å². The van der Waals surface area contributed by atoms with Crippen molar-refractivity contribution in [3.63, 3.8) is 0 Å². The van der Waals surface area contributed by atoms with Gasteiger partial charge < -0.3 is 15.1 Å². The first-order chi connectivity index (χ1) is 11.0. The van der Waals surface area contributed by atoms with Crippen molar-refractivity contribution in [2.45, 2.75) is 32.4 Å². The van der Waals surface area contributed by atoms with Crippen molar-refractivity contribution >= 4 is 34.6 Å². The van der Waals surface area contributed by atoms with Gasteiger partial charge in [-0.1, -0.05) is 11.2 Å². The van der Waals surface area contributed by atoms with Crippen LogP contribution < -0.4 is 5.32 Å². The average molecular weight is 337 g/mol. The van der Waals surface area contributed by atoms with Crippen molar-refractivity contribution in [2.24, 2.45) is 5.16 Å². The first-order valence-electron chi connectivity index (χ1n) is 7.19. The second-order valence-corrected chi connectivity index (χ2v) is 6.29. The average Bonchev–Trinajstić information content (AvgIpc) is 3.13. The molecule has 1 aromatic rings. The number of nitrogens with zero attached hydrogens (tertiary/aromatic N) is 2. The standard InChI is InChI=1S/C15H19N3O4S/c1-10(19)6-14(20)18-9-11(17-22-2)7-13(18)15(21)16-8-12-4-3-5-23-12/h3-5,13H,6-9H2,1-2H3,(H,16,21)/t13-/m0/s1. The Morgan fingerprint density at radius 3 is 2.87 bits per heavy atom. The molecular weight excluding hydrogens is 318 g/mol. The molecule has 0 radical (unpaired) electrons. The highest BCUT2D eigenvalue weighted by molar-refractivity contribution is 7.09. The van der Waals surface area contributed by atoms with E-state index in [1.54, 1.807) is 11.3 Å². The van der Waals surface area contributed by atoms with Crippen LogP contribution in [0.1, 0.15) is 24.6 Å². The van der Waals surface area contributed by atoms with Crippen LogP contribution in [0.15, 0.2) is 22.7 Å². The zero-order chi connectivity index (χ0) is 16.8. The molecular formula is C15H19N3O4S. The van der Waals surface area contributed by atoms with Gasteiger partial charge in [0.25, 0.3) is 0 Å². The summed E-state index contributed by atoms with van der Waals surface area (Å²) in [5, 5.41) is 8.60. The van der Waals surface area contributed by atoms with E-state index in [1.165, 1.54) is 18.9 Å². The Kier molecular flexibility index (Phi) is 5.86. The van der Waals surface area contributed by atoms with Crippen molar-refractivity contribution in [2.75, 3.05) is 13.7 Å². The molecule has 0 saturated carbocycles. The van der Waals surface area contributed by atoms with E-state index in [0.717, 1.165) is 4.88 Å². The lowest BCUT2D eigenvalue weighted by atomic mass is 10.2. The fraction of sp³-hybridized carbons (Fsp3) is 0.467. The Bertz CT molecular complexity index is 612. The minimum absolute atomic E-state index is 0.205. The number of carbonyl (C=O) groups excluding carboxylic acids is 3. The highest BCUT2D eigenvalue weighted by Crippen LogP contribution is 2.18. The maximum absolute atomic E-state index is 12.4. The zero-order valence-corrected chi connectivity index (χ0v) is 13.9. The predicted octanol–water partition coefficient (Wildman–Crippen LogP) is 0.947. The maximum Gasteiger partial charge on any atom is 0.243 e. The largest absolute Gasteiger partial charge is 0.399 e. The Labute approximate surface area is 138 Å². The number of likely N-dealkylation sites (tertiary alicyclic amines) is 1. The lowest BCUT2D eigenvalue weighted by Crippen LogP contribution is -2.46. The predicted molar refractivity (Wildman–Crippen MR) is 86.0 cm³/mol. The van der Waals surface area contributed by atoms with Gasteiger partial charge in [0.1, 0.15) is 18.9 Å². The number of amides is 2. The summed E-state index contributed by atoms with van der Waals surface area (Å²) in [6.07, 6.45) is 0.0999. The number of ketones is 1. The van der Waals surface area contributed by atoms with E-state index in [2.05, 4.69) is 10.5 Å². The molecule has 1 aliphatic rings. The van der Waals surface area contributed by atoms with Crippen LogP contribution in [-0.2, 0) is 25.8 Å². The smallest absolute Gasteiger partial charge is 0.243 e. The number of carbonyl (C=O) groups is 3. The zero-order valence-electron chi connectivity index (χ0n) is 13.1. The summed E-state index contributed by atoms with van der Waals surface area (Å²) in [5.41, 5.74) is 0.612. The number of nitrogens with one attached hydrogen (secondary N) is 1. The van der Waals surface area contributed by atoms with Gasteiger partial charge in [-0.3, -0.25) is 14.4 Å². The van der Waals surface area contributed by atoms with E-state index < -0.39 is 6.04 Å². The van der Waals surface area contributed by atoms with Crippen LogP contribution in [0.5, 0.6) is 0 Å². The summed E-state index contributed by atoms with van der Waals surface area (Å²) < 4.78 is 0. The van der Waals surface area contributed by atoms with E-state index in [-0.39, 0.29) is 30.6 Å². The normalized spacial score (nSPS) is 19.0. The van der Waals surface area contributed by atoms with Crippen molar-refractivity contribution in [1.82, 2.24) is 10.2 Å². The minimum Gasteiger partial charge on any atom is -0.399 e. The molecule has 2 amide bonds. The van der Waals surface area contributed by atoms with Crippen molar-refractivity contribution in [3.8, 4) is 0 Å². The van der Waals surface area contributed by atoms with Crippen LogP contribution >= 0.6 is 11.3 Å². The first-order valence-corrected chi connectivity index (χ1v) is 8.07. The molecule has 0 aliphatic carbocycles. The Balaban J connectivity index is 2.05. The van der Waals surface area contributed by atoms with Gasteiger partial charge in [0, 0.05) is 11.3 Å². The first kappa shape index (κ1) is 17.1. The highest BCUT2D eigenvalue weighted by atomic mass is 32.1. The lowest BCUT2D eigenvalue weighted by Gasteiger charge is -2.22. The molecule has 0 spiro atoms. The third-order valence-electron chi connectivity index (χ3n) is 3.42. The van der Waals surface area contributed by atoms with Gasteiger partial charge in [-0.2, -0.15) is 0 Å². The molecule has 1 aliphatic heterocycles. The second kappa shape index (κ2) is 7.87. The Hall–Kier alpha value is -2.22. The van der Waals surface area contributed by atoms with Crippen LogP contribution in [0.25, 0.3) is 0 Å². The number of oxime groups is 1. The fourth-order valence-corrected chi connectivity index (χ4v) is 3.06. The number of Topliss-reactive ketones (excluding diaryl/α,β-unsaturated/α-hetero) is 1. The van der Waals surface area contributed by atoms with Crippen LogP contribution in [0, 0.1) is 0 Å². The molecule has 1 aromatic heterocycles. The van der Waals surface area contributed by atoms with Crippen LogP contribution in [0.4, 0.5) is 0 Å². The van der Waals surface area contributed by atoms with Crippen molar-refractivity contribution in [1.29, 1.82) is 0 Å². The van der Waals surface area contributed by atoms with Crippen molar-refractivity contribution < 1.29 is 19.2 Å². The molecule has 0 unspecified atom stereocenters. The quantitative estimate of drug-likeness (QED) is 0.618. The van der Waals surface area contributed by atoms with Gasteiger partial charge >= 0.3 is 0 Å². The molecule has 0 aromatic carbocycles. The third-order valence-corrected chi connectivity index (χ3v) is 4.29. The summed E-state index contributed by atoms with van der Waals surface area (Å²) in [4.78, 5) is 42.9. The topological polar surface area (TPSA) is 88.1 Å². The van der Waals surface area contributed by atoms with E-state index in [9.17, 15) is 14.4 Å². The molecule has 1 fully saturated rings. The Morgan fingerprint density at radius 2 is 2.26 bits per heavy atom. The summed E-state index contributed by atoms with van der Waals surface area (Å²) in [6, 6.07) is 3.18. The fourth-order valence-electron chi connectivity index (χ4n) is 2.42. The molecule has 7 nitrogen and oxygen atoms in total. The minimum atomic E-state index is -0.657. The van der Waals surface area contributed by atoms with Crippen LogP contribution in [-0.4, -0.2) is 47.9 Å². The highest BCUT2D eigenvalue weighted by Gasteiger charge is 2.38.